The van der Waals surface area contributed by atoms with Gasteiger partial charge < -0.3 is 10.4 Å². The van der Waals surface area contributed by atoms with E-state index in [-0.39, 0.29) is 5.75 Å². The van der Waals surface area contributed by atoms with Crippen molar-refractivity contribution in [2.45, 2.75) is 13.3 Å². The fraction of sp³-hybridized carbons (Fsp3) is 0.214. The molecule has 1 aromatic rings. The molecule has 2 aliphatic carbocycles. The minimum Gasteiger partial charge on any atom is -0.506 e. The van der Waals surface area contributed by atoms with Crippen LogP contribution in [0.25, 0.3) is 0 Å². The molecule has 0 saturated carbocycles. The Morgan fingerprint density at radius 1 is 1.28 bits per heavy atom. The number of hydrogen-bond acceptors (Lipinski definition) is 3. The van der Waals surface area contributed by atoms with Crippen molar-refractivity contribution in [2.24, 2.45) is 0 Å². The average molecular weight is 263 g/mol. The topological polar surface area (TPSA) is 45.1 Å². The van der Waals surface area contributed by atoms with E-state index in [0.717, 1.165) is 23.8 Å². The molecule has 0 fully saturated rings. The van der Waals surface area contributed by atoms with Gasteiger partial charge in [0, 0.05) is 16.8 Å². The van der Waals surface area contributed by atoms with Gasteiger partial charge in [-0.05, 0) is 29.8 Å². The van der Waals surface area contributed by atoms with E-state index in [9.17, 15) is 0 Å². The van der Waals surface area contributed by atoms with Crippen LogP contribution >= 0.6 is 11.6 Å². The van der Waals surface area contributed by atoms with Crippen LogP contribution in [-0.2, 0) is 0 Å². The van der Waals surface area contributed by atoms with Gasteiger partial charge in [0.05, 0.1) is 6.20 Å². The second-order valence-corrected chi connectivity index (χ2v) is 4.43. The molecule has 0 amide bonds. The van der Waals surface area contributed by atoms with Crippen LogP contribution in [0.15, 0.2) is 36.5 Å². The summed E-state index contributed by atoms with van der Waals surface area (Å²) in [5.41, 5.74) is 0. The largest absolute Gasteiger partial charge is 0.506 e. The third-order valence-electron chi connectivity index (χ3n) is 2.58. The summed E-state index contributed by atoms with van der Waals surface area (Å²) in [6.45, 7) is 3.01. The van der Waals surface area contributed by atoms with Crippen LogP contribution in [0.5, 0.6) is 5.75 Å². The number of hydrogen-bond donors (Lipinski definition) is 2. The minimum absolute atomic E-state index is 0.201. The number of aromatic hydroxyl groups is 1. The lowest BCUT2D eigenvalue weighted by molar-refractivity contribution is 0.473. The van der Waals surface area contributed by atoms with Crippen LogP contribution < -0.4 is 5.32 Å². The molecule has 2 N–H and O–H groups in total. The molecule has 0 atom stereocenters. The Kier molecular flexibility index (Phi) is 4.05. The first-order chi connectivity index (χ1) is 8.70. The van der Waals surface area contributed by atoms with Gasteiger partial charge in [0.25, 0.3) is 0 Å². The monoisotopic (exact) mass is 262 g/mol. The molecule has 0 bridgehead atoms. The highest BCUT2D eigenvalue weighted by Crippen LogP contribution is 2.20. The molecule has 0 unspecified atom stereocenters. The number of nitrogens with one attached hydrogen (secondary N) is 1. The van der Waals surface area contributed by atoms with Crippen LogP contribution in [0.2, 0.25) is 5.02 Å². The van der Waals surface area contributed by atoms with Gasteiger partial charge in [-0.2, -0.15) is 0 Å². The number of benzene rings is 1. The standard InChI is InChI=1S/C8H12N2O.C6H3Cl/c1-2-5-9-8-4-3-7(11)6-10-8;7-6-3-4-1-2-5(4)6/h3-4,6,11H,2,5H2,1H3,(H,9,10);1-3H. The van der Waals surface area contributed by atoms with Crippen molar-refractivity contribution in [3.05, 3.63) is 52.0 Å². The van der Waals surface area contributed by atoms with Gasteiger partial charge in [-0.25, -0.2) is 4.98 Å². The molecule has 0 saturated heterocycles. The van der Waals surface area contributed by atoms with E-state index < -0.39 is 0 Å². The van der Waals surface area contributed by atoms with Crippen molar-refractivity contribution in [2.75, 3.05) is 11.9 Å². The molecule has 2 aliphatic rings. The molecule has 0 radical (unpaired) electrons. The highest BCUT2D eigenvalue weighted by atomic mass is 35.5. The molecule has 0 aromatic carbocycles. The first-order valence-electron chi connectivity index (χ1n) is 5.89. The number of aromatic nitrogens is 1. The number of pyridine rings is 1. The molecule has 1 heterocycles. The van der Waals surface area contributed by atoms with Crippen molar-refractivity contribution in [3.8, 4) is 5.75 Å². The third kappa shape index (κ3) is 2.93. The number of anilines is 1. The summed E-state index contributed by atoms with van der Waals surface area (Å²) in [4.78, 5) is 3.95. The highest BCUT2D eigenvalue weighted by molar-refractivity contribution is 6.31. The van der Waals surface area contributed by atoms with E-state index in [1.54, 1.807) is 12.1 Å². The van der Waals surface area contributed by atoms with E-state index in [4.69, 9.17) is 16.7 Å². The highest BCUT2D eigenvalue weighted by Gasteiger charge is 1.99. The van der Waals surface area contributed by atoms with E-state index in [2.05, 4.69) is 23.3 Å². The molecule has 94 valence electrons. The molecular formula is C14H15ClN2O. The van der Waals surface area contributed by atoms with Crippen LogP contribution in [0.3, 0.4) is 0 Å². The van der Waals surface area contributed by atoms with Gasteiger partial charge >= 0.3 is 0 Å². The van der Waals surface area contributed by atoms with Gasteiger partial charge in [0.2, 0.25) is 0 Å². The fourth-order valence-electron chi connectivity index (χ4n) is 1.49. The summed E-state index contributed by atoms with van der Waals surface area (Å²) in [5, 5.41) is 15.5. The van der Waals surface area contributed by atoms with Crippen molar-refractivity contribution < 1.29 is 5.11 Å². The van der Waals surface area contributed by atoms with Crippen molar-refractivity contribution in [3.63, 3.8) is 0 Å². The van der Waals surface area contributed by atoms with Gasteiger partial charge in [-0.1, -0.05) is 30.7 Å². The van der Waals surface area contributed by atoms with Gasteiger partial charge in [-0.3, -0.25) is 0 Å². The predicted octanol–water partition coefficient (Wildman–Crippen LogP) is 3.55. The molecule has 0 aliphatic heterocycles. The van der Waals surface area contributed by atoms with Gasteiger partial charge in [0.1, 0.15) is 11.6 Å². The van der Waals surface area contributed by atoms with E-state index in [1.165, 1.54) is 16.6 Å². The maximum Gasteiger partial charge on any atom is 0.134 e. The summed E-state index contributed by atoms with van der Waals surface area (Å²) < 4.78 is 0. The Labute approximate surface area is 111 Å². The Morgan fingerprint density at radius 2 is 2.11 bits per heavy atom. The fourth-order valence-corrected chi connectivity index (χ4v) is 1.78. The Hall–Kier alpha value is -1.74. The molecule has 1 aromatic heterocycles. The molecule has 18 heavy (non-hydrogen) atoms. The summed E-state index contributed by atoms with van der Waals surface area (Å²) in [5.74, 6) is 1.01. The number of halogens is 1. The van der Waals surface area contributed by atoms with E-state index in [0.29, 0.717) is 0 Å². The zero-order chi connectivity index (χ0) is 13.0. The molecule has 3 rings (SSSR count). The summed E-state index contributed by atoms with van der Waals surface area (Å²) in [7, 11) is 0. The van der Waals surface area contributed by atoms with Crippen molar-refractivity contribution >= 4 is 17.4 Å². The lowest BCUT2D eigenvalue weighted by atomic mass is 10.1. The van der Waals surface area contributed by atoms with Gasteiger partial charge in [-0.15, -0.1) is 0 Å². The maximum atomic E-state index is 8.89. The minimum atomic E-state index is 0.201. The summed E-state index contributed by atoms with van der Waals surface area (Å²) in [6, 6.07) is 9.42. The number of nitrogens with zero attached hydrogens (tertiary/aromatic N) is 1. The second-order valence-electron chi connectivity index (χ2n) is 4.02. The third-order valence-corrected chi connectivity index (χ3v) is 2.90. The normalized spacial score (nSPS) is 10.3. The Balaban J connectivity index is 0.000000146. The van der Waals surface area contributed by atoms with Crippen LogP contribution in [-0.4, -0.2) is 16.6 Å². The first-order valence-corrected chi connectivity index (χ1v) is 6.27. The quantitative estimate of drug-likeness (QED) is 0.759. The zero-order valence-corrected chi connectivity index (χ0v) is 10.9. The van der Waals surface area contributed by atoms with E-state index >= 15 is 0 Å². The SMILES string of the molecule is CCCNc1ccc(O)cn1.Clc1cc2ccc1=2. The second kappa shape index (κ2) is 5.74. The maximum absolute atomic E-state index is 8.89. The lowest BCUT2D eigenvalue weighted by Crippen LogP contribution is -2.00. The average Bonchev–Trinajstić information content (AvgIpc) is 2.36. The summed E-state index contributed by atoms with van der Waals surface area (Å²) >= 11 is 5.60. The van der Waals surface area contributed by atoms with Crippen molar-refractivity contribution in [1.82, 2.24) is 4.98 Å². The lowest BCUT2D eigenvalue weighted by Gasteiger charge is -2.01. The van der Waals surface area contributed by atoms with Crippen LogP contribution in [0, 0.1) is 10.4 Å². The Morgan fingerprint density at radius 3 is 2.44 bits per heavy atom. The Bertz CT molecular complexity index is 611. The molecule has 0 spiro atoms. The number of rotatable bonds is 3. The van der Waals surface area contributed by atoms with Crippen molar-refractivity contribution in [1.29, 1.82) is 0 Å². The van der Waals surface area contributed by atoms with Crippen LogP contribution in [0.1, 0.15) is 13.3 Å². The first kappa shape index (κ1) is 12.7. The smallest absolute Gasteiger partial charge is 0.134 e. The zero-order valence-electron chi connectivity index (χ0n) is 10.2. The molecule has 4 heteroatoms. The van der Waals surface area contributed by atoms with Crippen LogP contribution in [0.4, 0.5) is 5.82 Å². The van der Waals surface area contributed by atoms with E-state index in [1.807, 2.05) is 12.1 Å². The summed E-state index contributed by atoms with van der Waals surface area (Å²) in [6.07, 6.45) is 2.50. The predicted molar refractivity (Wildman–Crippen MR) is 73.8 cm³/mol. The molecule has 3 nitrogen and oxygen atoms in total. The van der Waals surface area contributed by atoms with Gasteiger partial charge in [0.15, 0.2) is 0 Å². The molecular weight excluding hydrogens is 248 g/mol.